The second-order valence-electron chi connectivity index (χ2n) is 4.32. The molecule has 0 atom stereocenters. The van der Waals surface area contributed by atoms with Crippen LogP contribution in [-0.4, -0.2) is 29.3 Å². The van der Waals surface area contributed by atoms with Crippen LogP contribution < -0.4 is 10.6 Å². The molecule has 0 spiro atoms. The number of rotatable bonds is 4. The number of nitrogens with zero attached hydrogens (tertiary/aromatic N) is 1. The van der Waals surface area contributed by atoms with E-state index < -0.39 is 0 Å². The Bertz CT molecular complexity index is 416. The van der Waals surface area contributed by atoms with Crippen LogP contribution >= 0.6 is 23.2 Å². The second kappa shape index (κ2) is 4.88. The van der Waals surface area contributed by atoms with Crippen LogP contribution in [0, 0.1) is 0 Å². The van der Waals surface area contributed by atoms with Crippen molar-refractivity contribution in [3.63, 3.8) is 0 Å². The number of halogens is 2. The lowest BCUT2D eigenvalue weighted by Crippen LogP contribution is -2.48. The number of aliphatic hydroxyl groups excluding tert-OH is 1. The third-order valence-corrected chi connectivity index (χ3v) is 3.74. The van der Waals surface area contributed by atoms with E-state index in [4.69, 9.17) is 23.2 Å². The van der Waals surface area contributed by atoms with Gasteiger partial charge in [-0.25, -0.2) is 4.98 Å². The lowest BCUT2D eigenvalue weighted by Gasteiger charge is -2.41. The van der Waals surface area contributed by atoms with Crippen molar-refractivity contribution in [2.45, 2.75) is 24.8 Å². The molecule has 3 N–H and O–H groups in total. The van der Waals surface area contributed by atoms with E-state index in [1.165, 1.54) is 0 Å². The Balaban J connectivity index is 2.26. The zero-order valence-electron chi connectivity index (χ0n) is 9.56. The Hall–Kier alpha value is -0.710. The van der Waals surface area contributed by atoms with Crippen LogP contribution in [0.3, 0.4) is 0 Å². The average Bonchev–Trinajstić information content (AvgIpc) is 2.26. The SMILES string of the molecule is CNc1nc(NC2(CO)CCC2)c(Cl)cc1Cl. The molecule has 0 unspecified atom stereocenters. The highest BCUT2D eigenvalue weighted by molar-refractivity contribution is 6.37. The Kier molecular flexibility index (Phi) is 3.66. The molecule has 0 amide bonds. The van der Waals surface area contributed by atoms with Crippen LogP contribution in [0.2, 0.25) is 10.0 Å². The van der Waals surface area contributed by atoms with Crippen molar-refractivity contribution >= 4 is 34.8 Å². The van der Waals surface area contributed by atoms with Crippen molar-refractivity contribution in [1.29, 1.82) is 0 Å². The molecule has 1 aliphatic rings. The largest absolute Gasteiger partial charge is 0.394 e. The van der Waals surface area contributed by atoms with Gasteiger partial charge in [-0.1, -0.05) is 23.2 Å². The van der Waals surface area contributed by atoms with E-state index in [-0.39, 0.29) is 12.1 Å². The second-order valence-corrected chi connectivity index (χ2v) is 5.13. The highest BCUT2D eigenvalue weighted by atomic mass is 35.5. The van der Waals surface area contributed by atoms with Gasteiger partial charge >= 0.3 is 0 Å². The summed E-state index contributed by atoms with van der Waals surface area (Å²) in [6.07, 6.45) is 2.97. The van der Waals surface area contributed by atoms with E-state index in [2.05, 4.69) is 15.6 Å². The van der Waals surface area contributed by atoms with E-state index in [9.17, 15) is 5.11 Å². The van der Waals surface area contributed by atoms with Gasteiger partial charge in [0.05, 0.1) is 22.2 Å². The topological polar surface area (TPSA) is 57.2 Å². The van der Waals surface area contributed by atoms with E-state index in [0.717, 1.165) is 19.3 Å². The molecule has 94 valence electrons. The normalized spacial score (nSPS) is 17.4. The maximum atomic E-state index is 9.39. The summed E-state index contributed by atoms with van der Waals surface area (Å²) in [6.45, 7) is 0.0858. The fourth-order valence-corrected chi connectivity index (χ4v) is 2.41. The molecule has 0 aromatic carbocycles. The zero-order chi connectivity index (χ0) is 12.5. The van der Waals surface area contributed by atoms with E-state index in [1.54, 1.807) is 13.1 Å². The van der Waals surface area contributed by atoms with Crippen molar-refractivity contribution in [3.05, 3.63) is 16.1 Å². The molecule has 17 heavy (non-hydrogen) atoms. The minimum Gasteiger partial charge on any atom is -0.394 e. The summed E-state index contributed by atoms with van der Waals surface area (Å²) in [5, 5.41) is 16.5. The van der Waals surface area contributed by atoms with Crippen LogP contribution in [0.25, 0.3) is 0 Å². The first-order valence-electron chi connectivity index (χ1n) is 5.53. The van der Waals surface area contributed by atoms with Crippen molar-refractivity contribution in [3.8, 4) is 0 Å². The van der Waals surface area contributed by atoms with Gasteiger partial charge in [-0.15, -0.1) is 0 Å². The van der Waals surface area contributed by atoms with Gasteiger partial charge in [0.2, 0.25) is 0 Å². The van der Waals surface area contributed by atoms with E-state index in [1.807, 2.05) is 0 Å². The van der Waals surface area contributed by atoms with Gasteiger partial charge in [-0.05, 0) is 25.3 Å². The molecule has 0 saturated heterocycles. The standard InChI is InChI=1S/C11H15Cl2N3O/c1-14-9-7(12)5-8(13)10(15-9)16-11(6-17)3-2-4-11/h5,17H,2-4,6H2,1H3,(H2,14,15,16). The molecule has 4 nitrogen and oxygen atoms in total. The summed E-state index contributed by atoms with van der Waals surface area (Å²) in [5.41, 5.74) is -0.268. The summed E-state index contributed by atoms with van der Waals surface area (Å²) in [4.78, 5) is 4.31. The predicted octanol–water partition coefficient (Wildman–Crippen LogP) is 2.76. The molecular weight excluding hydrogens is 261 g/mol. The van der Waals surface area contributed by atoms with Gasteiger partial charge in [0, 0.05) is 7.05 Å². The Morgan fingerprint density at radius 1 is 1.35 bits per heavy atom. The monoisotopic (exact) mass is 275 g/mol. The lowest BCUT2D eigenvalue weighted by molar-refractivity contribution is 0.144. The first kappa shape index (κ1) is 12.7. The smallest absolute Gasteiger partial charge is 0.147 e. The van der Waals surface area contributed by atoms with Gasteiger partial charge in [-0.3, -0.25) is 0 Å². The van der Waals surface area contributed by atoms with Gasteiger partial charge in [0.25, 0.3) is 0 Å². The fraction of sp³-hybridized carbons (Fsp3) is 0.545. The Labute approximate surface area is 110 Å². The predicted molar refractivity (Wildman–Crippen MR) is 71.1 cm³/mol. The minimum absolute atomic E-state index is 0.0858. The number of anilines is 2. The summed E-state index contributed by atoms with van der Waals surface area (Å²) in [6, 6.07) is 1.65. The highest BCUT2D eigenvalue weighted by Gasteiger charge is 2.37. The molecule has 1 saturated carbocycles. The molecule has 0 bridgehead atoms. The van der Waals surface area contributed by atoms with Crippen LogP contribution in [0.15, 0.2) is 6.07 Å². The Morgan fingerprint density at radius 2 is 2.00 bits per heavy atom. The molecular formula is C11H15Cl2N3O. The molecule has 1 aliphatic carbocycles. The van der Waals surface area contributed by atoms with Crippen LogP contribution in [0.4, 0.5) is 11.6 Å². The molecule has 0 radical (unpaired) electrons. The van der Waals surface area contributed by atoms with Crippen LogP contribution in [0.1, 0.15) is 19.3 Å². The summed E-state index contributed by atoms with van der Waals surface area (Å²) >= 11 is 12.1. The number of pyridine rings is 1. The maximum absolute atomic E-state index is 9.39. The van der Waals surface area contributed by atoms with Gasteiger partial charge in [0.15, 0.2) is 0 Å². The Morgan fingerprint density at radius 3 is 2.47 bits per heavy atom. The number of nitrogens with one attached hydrogen (secondary N) is 2. The van der Waals surface area contributed by atoms with Crippen molar-refractivity contribution in [2.75, 3.05) is 24.3 Å². The van der Waals surface area contributed by atoms with E-state index >= 15 is 0 Å². The molecule has 1 fully saturated rings. The molecule has 0 aliphatic heterocycles. The highest BCUT2D eigenvalue weighted by Crippen LogP contribution is 2.37. The number of hydrogen-bond acceptors (Lipinski definition) is 4. The van der Waals surface area contributed by atoms with Crippen LogP contribution in [0.5, 0.6) is 0 Å². The van der Waals surface area contributed by atoms with Crippen LogP contribution in [-0.2, 0) is 0 Å². The van der Waals surface area contributed by atoms with E-state index in [0.29, 0.717) is 21.7 Å². The van der Waals surface area contributed by atoms with Crippen molar-refractivity contribution < 1.29 is 5.11 Å². The average molecular weight is 276 g/mol. The molecule has 2 rings (SSSR count). The quantitative estimate of drug-likeness (QED) is 0.791. The molecule has 1 aromatic heterocycles. The number of aliphatic hydroxyl groups is 1. The molecule has 6 heteroatoms. The first-order chi connectivity index (χ1) is 8.10. The fourth-order valence-electron chi connectivity index (χ4n) is 1.91. The van der Waals surface area contributed by atoms with Gasteiger partial charge < -0.3 is 15.7 Å². The van der Waals surface area contributed by atoms with Crippen molar-refractivity contribution in [1.82, 2.24) is 4.98 Å². The maximum Gasteiger partial charge on any atom is 0.147 e. The lowest BCUT2D eigenvalue weighted by atomic mass is 9.77. The minimum atomic E-state index is -0.268. The van der Waals surface area contributed by atoms with Crippen molar-refractivity contribution in [2.24, 2.45) is 0 Å². The molecule has 1 heterocycles. The summed E-state index contributed by atoms with van der Waals surface area (Å²) in [5.74, 6) is 1.14. The summed E-state index contributed by atoms with van der Waals surface area (Å²) < 4.78 is 0. The zero-order valence-corrected chi connectivity index (χ0v) is 11.1. The first-order valence-corrected chi connectivity index (χ1v) is 6.29. The third kappa shape index (κ3) is 2.44. The number of aromatic nitrogens is 1. The van der Waals surface area contributed by atoms with Gasteiger partial charge in [0.1, 0.15) is 11.6 Å². The third-order valence-electron chi connectivity index (χ3n) is 3.16. The number of hydrogen-bond donors (Lipinski definition) is 3. The summed E-state index contributed by atoms with van der Waals surface area (Å²) in [7, 11) is 1.75. The molecule has 1 aromatic rings. The van der Waals surface area contributed by atoms with Gasteiger partial charge in [-0.2, -0.15) is 0 Å².